The maximum atomic E-state index is 13.0. The molecule has 0 amide bonds. The van der Waals surface area contributed by atoms with Gasteiger partial charge in [0.05, 0.1) is 9.26 Å². The molecule has 0 aromatic heterocycles. The van der Waals surface area contributed by atoms with Gasteiger partial charge in [-0.3, -0.25) is 5.43 Å². The molecule has 0 aliphatic carbocycles. The third-order valence-corrected chi connectivity index (χ3v) is 4.02. The van der Waals surface area contributed by atoms with Crippen molar-refractivity contribution in [2.24, 2.45) is 5.10 Å². The number of nitrogens with one attached hydrogen (secondary N) is 1. The minimum absolute atomic E-state index is 0.323. The summed E-state index contributed by atoms with van der Waals surface area (Å²) in [7, 11) is 0. The molecule has 0 aliphatic rings. The second kappa shape index (κ2) is 5.77. The van der Waals surface area contributed by atoms with E-state index >= 15 is 0 Å². The van der Waals surface area contributed by atoms with Gasteiger partial charge in [0.15, 0.2) is 0 Å². The van der Waals surface area contributed by atoms with Crippen molar-refractivity contribution in [1.29, 1.82) is 10.5 Å². The van der Waals surface area contributed by atoms with E-state index < -0.39 is 5.82 Å². The molecule has 16 heavy (non-hydrogen) atoms. The lowest BCUT2D eigenvalue weighted by Gasteiger charge is -2.05. The maximum absolute atomic E-state index is 13.0. The van der Waals surface area contributed by atoms with E-state index in [0.717, 1.165) is 0 Å². The van der Waals surface area contributed by atoms with Crippen molar-refractivity contribution in [3.63, 3.8) is 0 Å². The van der Waals surface area contributed by atoms with Crippen LogP contribution in [0.25, 0.3) is 0 Å². The maximum Gasteiger partial charge on any atom is 0.237 e. The van der Waals surface area contributed by atoms with Crippen molar-refractivity contribution in [2.75, 3.05) is 5.43 Å². The minimum Gasteiger partial charge on any atom is -0.275 e. The van der Waals surface area contributed by atoms with Crippen LogP contribution in [0.5, 0.6) is 0 Å². The van der Waals surface area contributed by atoms with Gasteiger partial charge in [-0.2, -0.15) is 15.6 Å². The minimum atomic E-state index is -0.444. The number of hydrogen-bond acceptors (Lipinski definition) is 4. The Morgan fingerprint density at radius 1 is 1.44 bits per heavy atom. The van der Waals surface area contributed by atoms with Gasteiger partial charge in [0, 0.05) is 4.47 Å². The number of hydrazone groups is 1. The predicted molar refractivity (Wildman–Crippen MR) is 69.1 cm³/mol. The number of halogens is 3. The number of nitrogens with zero attached hydrogens (tertiary/aromatic N) is 3. The highest BCUT2D eigenvalue weighted by Gasteiger charge is 2.06. The fraction of sp³-hybridized carbons (Fsp3) is 0. The van der Waals surface area contributed by atoms with Gasteiger partial charge in [0.2, 0.25) is 5.71 Å². The third kappa shape index (κ3) is 3.15. The second-order valence-electron chi connectivity index (χ2n) is 2.54. The number of anilines is 1. The average molecular weight is 393 g/mol. The summed E-state index contributed by atoms with van der Waals surface area (Å²) in [5.41, 5.74) is 2.52. The molecular weight excluding hydrogens is 390 g/mol. The lowest BCUT2D eigenvalue weighted by molar-refractivity contribution is 0.627. The first-order valence-electron chi connectivity index (χ1n) is 3.87. The molecule has 0 heterocycles. The summed E-state index contributed by atoms with van der Waals surface area (Å²) in [6.07, 6.45) is 0. The average Bonchev–Trinajstić information content (AvgIpc) is 2.26. The smallest absolute Gasteiger partial charge is 0.237 e. The molecule has 4 nitrogen and oxygen atoms in total. The van der Waals surface area contributed by atoms with E-state index in [0.29, 0.717) is 13.7 Å². The monoisotopic (exact) mass is 392 g/mol. The van der Waals surface area contributed by atoms with Crippen LogP contribution in [0.15, 0.2) is 21.7 Å². The molecule has 1 aromatic rings. The van der Waals surface area contributed by atoms with Gasteiger partial charge >= 0.3 is 0 Å². The lowest BCUT2D eigenvalue weighted by Crippen LogP contribution is -1.99. The topological polar surface area (TPSA) is 72.0 Å². The molecule has 0 radical (unpaired) electrons. The number of rotatable bonds is 2. The molecular formula is C9H3BrFIN4. The van der Waals surface area contributed by atoms with Crippen molar-refractivity contribution in [3.8, 4) is 12.1 Å². The van der Waals surface area contributed by atoms with Crippen molar-refractivity contribution < 1.29 is 4.39 Å². The van der Waals surface area contributed by atoms with Gasteiger partial charge in [-0.25, -0.2) is 4.39 Å². The van der Waals surface area contributed by atoms with Crippen LogP contribution in [-0.2, 0) is 0 Å². The molecule has 0 fully saturated rings. The first kappa shape index (κ1) is 12.9. The van der Waals surface area contributed by atoms with Crippen molar-refractivity contribution in [3.05, 3.63) is 26.0 Å². The molecule has 1 aromatic carbocycles. The van der Waals surface area contributed by atoms with Crippen LogP contribution in [0, 0.1) is 32.0 Å². The first-order chi connectivity index (χ1) is 7.58. The molecule has 7 heteroatoms. The summed E-state index contributed by atoms with van der Waals surface area (Å²) in [5.74, 6) is -0.444. The number of hydrogen-bond donors (Lipinski definition) is 1. The Hall–Kier alpha value is -1.19. The Morgan fingerprint density at radius 2 is 2.06 bits per heavy atom. The van der Waals surface area contributed by atoms with Gasteiger partial charge in [-0.1, -0.05) is 0 Å². The summed E-state index contributed by atoms with van der Waals surface area (Å²) in [4.78, 5) is 0. The normalized spacial score (nSPS) is 8.81. The summed E-state index contributed by atoms with van der Waals surface area (Å²) in [5, 5.41) is 20.4. The molecule has 0 atom stereocenters. The molecule has 0 aliphatic heterocycles. The van der Waals surface area contributed by atoms with Gasteiger partial charge in [-0.05, 0) is 50.7 Å². The molecule has 1 N–H and O–H groups in total. The highest BCUT2D eigenvalue weighted by molar-refractivity contribution is 14.1. The summed E-state index contributed by atoms with van der Waals surface area (Å²) in [6.45, 7) is 0. The van der Waals surface area contributed by atoms with Crippen LogP contribution in [0.2, 0.25) is 0 Å². The van der Waals surface area contributed by atoms with Crippen molar-refractivity contribution in [1.82, 2.24) is 0 Å². The Bertz CT molecular complexity index is 514. The van der Waals surface area contributed by atoms with Gasteiger partial charge in [-0.15, -0.1) is 0 Å². The van der Waals surface area contributed by atoms with Crippen LogP contribution in [-0.4, -0.2) is 5.71 Å². The largest absolute Gasteiger partial charge is 0.275 e. The standard InChI is InChI=1S/C9H3BrFIN4/c10-7-1-5(11)2-8(9(7)12)16-15-6(3-13)4-14/h1-2,16H. The van der Waals surface area contributed by atoms with Crippen LogP contribution < -0.4 is 5.43 Å². The molecule has 0 saturated carbocycles. The number of benzene rings is 1. The Morgan fingerprint density at radius 3 is 2.62 bits per heavy atom. The Balaban J connectivity index is 3.05. The molecule has 0 unspecified atom stereocenters. The molecule has 0 spiro atoms. The van der Waals surface area contributed by atoms with Gasteiger partial charge in [0.25, 0.3) is 0 Å². The van der Waals surface area contributed by atoms with E-state index in [1.165, 1.54) is 12.1 Å². The van der Waals surface area contributed by atoms with E-state index in [9.17, 15) is 4.39 Å². The first-order valence-corrected chi connectivity index (χ1v) is 5.74. The zero-order valence-corrected chi connectivity index (χ0v) is 11.4. The van der Waals surface area contributed by atoms with E-state index in [-0.39, 0.29) is 5.71 Å². The van der Waals surface area contributed by atoms with Crippen LogP contribution in [0.1, 0.15) is 0 Å². The summed E-state index contributed by atoms with van der Waals surface area (Å²) in [6, 6.07) is 5.71. The number of nitriles is 2. The van der Waals surface area contributed by atoms with E-state index in [4.69, 9.17) is 10.5 Å². The summed E-state index contributed by atoms with van der Waals surface area (Å²) >= 11 is 5.15. The van der Waals surface area contributed by atoms with E-state index in [2.05, 4.69) is 26.5 Å². The highest BCUT2D eigenvalue weighted by atomic mass is 127. The fourth-order valence-electron chi connectivity index (χ4n) is 0.828. The van der Waals surface area contributed by atoms with E-state index in [1.54, 1.807) is 12.1 Å². The van der Waals surface area contributed by atoms with Crippen molar-refractivity contribution in [2.45, 2.75) is 0 Å². The molecule has 0 bridgehead atoms. The van der Waals surface area contributed by atoms with E-state index in [1.807, 2.05) is 22.6 Å². The van der Waals surface area contributed by atoms with Gasteiger partial charge in [0.1, 0.15) is 18.0 Å². The molecule has 80 valence electrons. The van der Waals surface area contributed by atoms with Gasteiger partial charge < -0.3 is 0 Å². The second-order valence-corrected chi connectivity index (χ2v) is 4.48. The molecule has 1 rings (SSSR count). The predicted octanol–water partition coefficient (Wildman–Crippen LogP) is 3.01. The SMILES string of the molecule is N#CC(C#N)=NNc1cc(F)cc(Br)c1I. The molecule has 0 saturated heterocycles. The highest BCUT2D eigenvalue weighted by Crippen LogP contribution is 2.28. The van der Waals surface area contributed by atoms with Crippen molar-refractivity contribution >= 4 is 49.9 Å². The summed E-state index contributed by atoms with van der Waals surface area (Å²) < 4.78 is 14.3. The Kier molecular flexibility index (Phi) is 4.65. The van der Waals surface area contributed by atoms with Crippen LogP contribution >= 0.6 is 38.5 Å². The van der Waals surface area contributed by atoms with Crippen LogP contribution in [0.3, 0.4) is 0 Å². The zero-order valence-electron chi connectivity index (χ0n) is 7.63. The third-order valence-electron chi connectivity index (χ3n) is 1.49. The quantitative estimate of drug-likeness (QED) is 0.364. The lowest BCUT2D eigenvalue weighted by atomic mass is 10.3. The Labute approximate surface area is 113 Å². The zero-order chi connectivity index (χ0) is 12.1. The van der Waals surface area contributed by atoms with Crippen LogP contribution in [0.4, 0.5) is 10.1 Å². The fourth-order valence-corrected chi connectivity index (χ4v) is 1.69.